The monoisotopic (exact) mass is 494 g/mol. The fourth-order valence-corrected chi connectivity index (χ4v) is 6.30. The fraction of sp³-hybridized carbons (Fsp3) is 0.522. The second kappa shape index (κ2) is 11.6. The highest BCUT2D eigenvalue weighted by Gasteiger charge is 2.34. The number of para-hydroxylation sites is 1. The maximum Gasteiger partial charge on any atom is 0.312 e. The first-order valence-electron chi connectivity index (χ1n) is 11.1. The zero-order chi connectivity index (χ0) is 23.8. The Morgan fingerprint density at radius 3 is 2.73 bits per heavy atom. The van der Waals surface area contributed by atoms with Crippen molar-refractivity contribution < 1.29 is 27.5 Å². The molecule has 3 rings (SSSR count). The summed E-state index contributed by atoms with van der Waals surface area (Å²) in [6.45, 7) is 4.52. The summed E-state index contributed by atoms with van der Waals surface area (Å²) in [5.41, 5.74) is 1.42. The van der Waals surface area contributed by atoms with Gasteiger partial charge in [0.1, 0.15) is 10.8 Å². The summed E-state index contributed by atoms with van der Waals surface area (Å²) in [5.74, 6) is -0.112. The Bertz CT molecular complexity index is 1070. The number of ether oxygens (including phenoxy) is 2. The minimum atomic E-state index is -3.12. The molecule has 33 heavy (non-hydrogen) atoms. The van der Waals surface area contributed by atoms with Gasteiger partial charge in [-0.05, 0) is 31.9 Å². The fourth-order valence-electron chi connectivity index (χ4n) is 3.72. The second-order valence-electron chi connectivity index (χ2n) is 7.91. The summed E-state index contributed by atoms with van der Waals surface area (Å²) in [6, 6.07) is 7.23. The number of carbonyl (C=O) groups excluding carboxylic acids is 2. The van der Waals surface area contributed by atoms with E-state index in [1.165, 1.54) is 11.3 Å². The number of rotatable bonds is 11. The molecule has 0 radical (unpaired) electrons. The molecule has 0 aliphatic carbocycles. The molecule has 0 spiro atoms. The number of thiazole rings is 1. The van der Waals surface area contributed by atoms with Crippen molar-refractivity contribution in [2.75, 3.05) is 31.3 Å². The van der Waals surface area contributed by atoms with E-state index in [9.17, 15) is 18.0 Å². The van der Waals surface area contributed by atoms with Gasteiger partial charge in [-0.2, -0.15) is 0 Å². The van der Waals surface area contributed by atoms with Crippen LogP contribution in [0.4, 0.5) is 0 Å². The second-order valence-corrected chi connectivity index (χ2v) is 11.0. The normalized spacial score (nSPS) is 17.0. The highest BCUT2D eigenvalue weighted by molar-refractivity contribution is 7.91. The zero-order valence-electron chi connectivity index (χ0n) is 19.0. The number of sulfone groups is 1. The van der Waals surface area contributed by atoms with Crippen LogP contribution in [0.2, 0.25) is 0 Å². The van der Waals surface area contributed by atoms with Gasteiger partial charge >= 0.3 is 5.97 Å². The third-order valence-corrected chi connectivity index (χ3v) is 8.05. The molecule has 1 aliphatic rings. The summed E-state index contributed by atoms with van der Waals surface area (Å²) in [4.78, 5) is 31.1. The number of unbranched alkanes of at least 4 members (excludes halogenated alkanes) is 1. The van der Waals surface area contributed by atoms with E-state index in [0.29, 0.717) is 25.3 Å². The van der Waals surface area contributed by atoms with Gasteiger partial charge in [0.05, 0.1) is 35.8 Å². The highest BCUT2D eigenvalue weighted by atomic mass is 32.2. The van der Waals surface area contributed by atoms with Crippen molar-refractivity contribution in [2.45, 2.75) is 45.6 Å². The minimum absolute atomic E-state index is 0.0266. The molecule has 1 aliphatic heterocycles. The van der Waals surface area contributed by atoms with Crippen LogP contribution in [0.3, 0.4) is 0 Å². The third kappa shape index (κ3) is 7.01. The van der Waals surface area contributed by atoms with E-state index >= 15 is 0 Å². The Kier molecular flexibility index (Phi) is 8.85. The SMILES string of the molecule is CCCCN(C(=O)COC(=O)Cc1csc(-c2ccccc2OCC)n1)C1CCS(=O)(=O)C1. The lowest BCUT2D eigenvalue weighted by Gasteiger charge is -2.28. The van der Waals surface area contributed by atoms with Gasteiger partial charge in [-0.1, -0.05) is 25.5 Å². The summed E-state index contributed by atoms with van der Waals surface area (Å²) < 4.78 is 34.5. The minimum Gasteiger partial charge on any atom is -0.493 e. The van der Waals surface area contributed by atoms with Crippen LogP contribution in [0.25, 0.3) is 10.6 Å². The summed E-state index contributed by atoms with van der Waals surface area (Å²) >= 11 is 1.41. The van der Waals surface area contributed by atoms with Crippen LogP contribution >= 0.6 is 11.3 Å². The summed E-state index contributed by atoms with van der Waals surface area (Å²) in [5, 5.41) is 2.53. The first-order chi connectivity index (χ1) is 15.8. The van der Waals surface area contributed by atoms with Gasteiger partial charge in [0.2, 0.25) is 0 Å². The van der Waals surface area contributed by atoms with E-state index < -0.39 is 22.4 Å². The van der Waals surface area contributed by atoms with Crippen molar-refractivity contribution in [3.63, 3.8) is 0 Å². The molecule has 8 nitrogen and oxygen atoms in total. The molecule has 180 valence electrons. The quantitative estimate of drug-likeness (QED) is 0.442. The molecule has 1 amide bonds. The summed E-state index contributed by atoms with van der Waals surface area (Å²) in [7, 11) is -3.12. The van der Waals surface area contributed by atoms with Gasteiger partial charge < -0.3 is 14.4 Å². The molecule has 0 bridgehead atoms. The number of amides is 1. The predicted molar refractivity (Wildman–Crippen MR) is 127 cm³/mol. The standard InChI is InChI=1S/C23H30N2O6S2/c1-3-5-11-25(18-10-12-33(28,29)16-18)21(26)14-31-22(27)13-17-15-32-23(24-17)19-8-6-7-9-20(19)30-4-2/h6-9,15,18H,3-5,10-14,16H2,1-2H3. The van der Waals surface area contributed by atoms with Gasteiger partial charge in [-0.3, -0.25) is 9.59 Å². The van der Waals surface area contributed by atoms with Crippen LogP contribution < -0.4 is 4.74 Å². The average Bonchev–Trinajstić information content (AvgIpc) is 3.39. The largest absolute Gasteiger partial charge is 0.493 e. The smallest absolute Gasteiger partial charge is 0.312 e. The maximum atomic E-state index is 12.7. The van der Waals surface area contributed by atoms with Gasteiger partial charge in [-0.25, -0.2) is 13.4 Å². The van der Waals surface area contributed by atoms with Gasteiger partial charge in [0.25, 0.3) is 5.91 Å². The number of esters is 1. The van der Waals surface area contributed by atoms with Crippen molar-refractivity contribution in [1.82, 2.24) is 9.88 Å². The van der Waals surface area contributed by atoms with Gasteiger partial charge in [0.15, 0.2) is 16.4 Å². The Balaban J connectivity index is 1.57. The van der Waals surface area contributed by atoms with E-state index in [2.05, 4.69) is 4.98 Å². The average molecular weight is 495 g/mol. The maximum absolute atomic E-state index is 12.7. The van der Waals surface area contributed by atoms with E-state index in [4.69, 9.17) is 9.47 Å². The molecule has 2 aromatic rings. The lowest BCUT2D eigenvalue weighted by molar-refractivity contribution is -0.152. The zero-order valence-corrected chi connectivity index (χ0v) is 20.6. The van der Waals surface area contributed by atoms with Crippen molar-refractivity contribution in [1.29, 1.82) is 0 Å². The Labute approximate surface area is 198 Å². The summed E-state index contributed by atoms with van der Waals surface area (Å²) in [6.07, 6.45) is 2.02. The molecule has 1 atom stereocenters. The van der Waals surface area contributed by atoms with Gasteiger partial charge in [0, 0.05) is 18.0 Å². The number of aromatic nitrogens is 1. The van der Waals surface area contributed by atoms with Crippen LogP contribution in [0, 0.1) is 0 Å². The van der Waals surface area contributed by atoms with Gasteiger partial charge in [-0.15, -0.1) is 11.3 Å². The molecule has 1 saturated heterocycles. The topological polar surface area (TPSA) is 103 Å². The lowest BCUT2D eigenvalue weighted by Crippen LogP contribution is -2.44. The Morgan fingerprint density at radius 2 is 2.03 bits per heavy atom. The lowest BCUT2D eigenvalue weighted by atomic mass is 10.2. The van der Waals surface area contributed by atoms with E-state index in [1.54, 1.807) is 10.3 Å². The molecule has 0 N–H and O–H groups in total. The Hall–Kier alpha value is -2.46. The molecule has 1 unspecified atom stereocenters. The van der Waals surface area contributed by atoms with E-state index in [0.717, 1.165) is 29.2 Å². The van der Waals surface area contributed by atoms with Crippen LogP contribution in [0.5, 0.6) is 5.75 Å². The van der Waals surface area contributed by atoms with Crippen molar-refractivity contribution in [2.24, 2.45) is 0 Å². The molecule has 0 saturated carbocycles. The highest BCUT2D eigenvalue weighted by Crippen LogP contribution is 2.32. The molecule has 1 aromatic carbocycles. The van der Waals surface area contributed by atoms with Crippen molar-refractivity contribution in [3.8, 4) is 16.3 Å². The third-order valence-electron chi connectivity index (χ3n) is 5.37. The van der Waals surface area contributed by atoms with Crippen LogP contribution in [0.1, 0.15) is 38.8 Å². The van der Waals surface area contributed by atoms with Crippen molar-refractivity contribution >= 4 is 33.1 Å². The number of carbonyl (C=O) groups is 2. The first-order valence-corrected chi connectivity index (χ1v) is 13.8. The predicted octanol–water partition coefficient (Wildman–Crippen LogP) is 3.11. The van der Waals surface area contributed by atoms with E-state index in [1.807, 2.05) is 38.1 Å². The molecule has 1 fully saturated rings. The number of hydrogen-bond donors (Lipinski definition) is 0. The number of hydrogen-bond acceptors (Lipinski definition) is 8. The Morgan fingerprint density at radius 1 is 1.24 bits per heavy atom. The van der Waals surface area contributed by atoms with Crippen LogP contribution in [-0.4, -0.2) is 67.5 Å². The van der Waals surface area contributed by atoms with Crippen LogP contribution in [-0.2, 0) is 30.6 Å². The number of benzene rings is 1. The molecule has 1 aromatic heterocycles. The van der Waals surface area contributed by atoms with E-state index in [-0.39, 0.29) is 29.9 Å². The number of nitrogens with zero attached hydrogens (tertiary/aromatic N) is 2. The molecular weight excluding hydrogens is 464 g/mol. The first kappa shape index (κ1) is 25.2. The molecular formula is C23H30N2O6S2. The van der Waals surface area contributed by atoms with Crippen molar-refractivity contribution in [3.05, 3.63) is 35.3 Å². The van der Waals surface area contributed by atoms with Crippen LogP contribution in [0.15, 0.2) is 29.6 Å². The molecule has 2 heterocycles. The molecule has 10 heteroatoms.